The SMILES string of the molecule is CCCCCN(C)c1nc(C)nc(NCCC)c1C. The first-order valence-corrected chi connectivity index (χ1v) is 7.40. The molecule has 4 nitrogen and oxygen atoms in total. The topological polar surface area (TPSA) is 41.1 Å². The third-order valence-electron chi connectivity index (χ3n) is 3.23. The van der Waals surface area contributed by atoms with Gasteiger partial charge in [0.15, 0.2) is 0 Å². The van der Waals surface area contributed by atoms with E-state index in [-0.39, 0.29) is 0 Å². The van der Waals surface area contributed by atoms with E-state index >= 15 is 0 Å². The molecule has 1 aromatic rings. The zero-order valence-electron chi connectivity index (χ0n) is 13.1. The summed E-state index contributed by atoms with van der Waals surface area (Å²) in [5, 5.41) is 3.39. The summed E-state index contributed by atoms with van der Waals surface area (Å²) in [5.74, 6) is 2.87. The van der Waals surface area contributed by atoms with Crippen LogP contribution in [0, 0.1) is 13.8 Å². The lowest BCUT2D eigenvalue weighted by Gasteiger charge is -2.22. The lowest BCUT2D eigenvalue weighted by Crippen LogP contribution is -2.22. The predicted molar refractivity (Wildman–Crippen MR) is 83.1 cm³/mol. The first kappa shape index (κ1) is 15.7. The summed E-state index contributed by atoms with van der Waals surface area (Å²) in [5.41, 5.74) is 1.15. The second-order valence-electron chi connectivity index (χ2n) is 5.12. The van der Waals surface area contributed by atoms with Gasteiger partial charge in [0.25, 0.3) is 0 Å². The van der Waals surface area contributed by atoms with E-state index in [1.54, 1.807) is 0 Å². The Morgan fingerprint density at radius 3 is 2.42 bits per heavy atom. The number of anilines is 2. The fourth-order valence-electron chi connectivity index (χ4n) is 2.11. The number of hydrogen-bond donors (Lipinski definition) is 1. The second-order valence-corrected chi connectivity index (χ2v) is 5.12. The van der Waals surface area contributed by atoms with Crippen LogP contribution in [0.5, 0.6) is 0 Å². The van der Waals surface area contributed by atoms with Crippen LogP contribution in [-0.4, -0.2) is 30.1 Å². The molecule has 1 heterocycles. The summed E-state index contributed by atoms with van der Waals surface area (Å²) < 4.78 is 0. The van der Waals surface area contributed by atoms with E-state index in [0.717, 1.165) is 42.5 Å². The second kappa shape index (κ2) is 7.97. The number of hydrogen-bond acceptors (Lipinski definition) is 4. The third kappa shape index (κ3) is 4.69. The van der Waals surface area contributed by atoms with Crippen molar-refractivity contribution >= 4 is 11.6 Å². The van der Waals surface area contributed by atoms with Gasteiger partial charge in [-0.3, -0.25) is 0 Å². The minimum absolute atomic E-state index is 0.835. The Bertz CT molecular complexity index is 390. The molecule has 108 valence electrons. The smallest absolute Gasteiger partial charge is 0.137 e. The molecule has 0 unspecified atom stereocenters. The van der Waals surface area contributed by atoms with Crippen molar-refractivity contribution in [2.24, 2.45) is 0 Å². The van der Waals surface area contributed by atoms with Gasteiger partial charge in [-0.2, -0.15) is 0 Å². The normalized spacial score (nSPS) is 10.6. The van der Waals surface area contributed by atoms with Crippen molar-refractivity contribution in [3.05, 3.63) is 11.4 Å². The third-order valence-corrected chi connectivity index (χ3v) is 3.23. The Labute approximate surface area is 117 Å². The molecule has 0 fully saturated rings. The minimum atomic E-state index is 0.835. The largest absolute Gasteiger partial charge is 0.370 e. The number of aryl methyl sites for hydroxylation is 1. The van der Waals surface area contributed by atoms with Crippen LogP contribution in [-0.2, 0) is 0 Å². The molecule has 19 heavy (non-hydrogen) atoms. The maximum atomic E-state index is 4.59. The average Bonchev–Trinajstić information content (AvgIpc) is 2.39. The van der Waals surface area contributed by atoms with Gasteiger partial charge in [0.05, 0.1) is 0 Å². The van der Waals surface area contributed by atoms with Crippen molar-refractivity contribution < 1.29 is 0 Å². The predicted octanol–water partition coefficient (Wildman–Crippen LogP) is 3.54. The fraction of sp³-hybridized carbons (Fsp3) is 0.733. The molecule has 0 saturated heterocycles. The highest BCUT2D eigenvalue weighted by Crippen LogP contribution is 2.23. The summed E-state index contributed by atoms with van der Waals surface area (Å²) >= 11 is 0. The van der Waals surface area contributed by atoms with Crippen molar-refractivity contribution in [1.29, 1.82) is 0 Å². The van der Waals surface area contributed by atoms with Crippen LogP contribution in [0.3, 0.4) is 0 Å². The number of nitrogens with zero attached hydrogens (tertiary/aromatic N) is 3. The molecule has 0 bridgehead atoms. The van der Waals surface area contributed by atoms with E-state index in [4.69, 9.17) is 0 Å². The van der Waals surface area contributed by atoms with Gasteiger partial charge >= 0.3 is 0 Å². The molecule has 1 rings (SSSR count). The van der Waals surface area contributed by atoms with E-state index < -0.39 is 0 Å². The van der Waals surface area contributed by atoms with E-state index in [1.807, 2.05) is 6.92 Å². The van der Waals surface area contributed by atoms with Crippen molar-refractivity contribution in [2.45, 2.75) is 53.4 Å². The lowest BCUT2D eigenvalue weighted by atomic mass is 10.2. The van der Waals surface area contributed by atoms with E-state index in [0.29, 0.717) is 0 Å². The molecule has 0 saturated carbocycles. The van der Waals surface area contributed by atoms with Crippen LogP contribution >= 0.6 is 0 Å². The van der Waals surface area contributed by atoms with E-state index in [2.05, 4.69) is 48.0 Å². The van der Waals surface area contributed by atoms with Crippen molar-refractivity contribution in [3.63, 3.8) is 0 Å². The zero-order valence-corrected chi connectivity index (χ0v) is 13.1. The standard InChI is InChI=1S/C15H28N4/c1-6-8-9-11-19(5)15-12(3)14(16-10-7-2)17-13(4)18-15/h6-11H2,1-5H3,(H,16,17,18). The lowest BCUT2D eigenvalue weighted by molar-refractivity contribution is 0.699. The average molecular weight is 264 g/mol. The molecule has 0 aliphatic heterocycles. The van der Waals surface area contributed by atoms with Crippen LogP contribution in [0.4, 0.5) is 11.6 Å². The summed E-state index contributed by atoms with van der Waals surface area (Å²) in [6.07, 6.45) is 4.84. The zero-order chi connectivity index (χ0) is 14.3. The molecule has 4 heteroatoms. The Morgan fingerprint density at radius 2 is 1.79 bits per heavy atom. The van der Waals surface area contributed by atoms with Gasteiger partial charge in [-0.15, -0.1) is 0 Å². The Hall–Kier alpha value is -1.32. The number of aromatic nitrogens is 2. The summed E-state index contributed by atoms with van der Waals surface area (Å²) in [6, 6.07) is 0. The highest BCUT2D eigenvalue weighted by atomic mass is 15.2. The van der Waals surface area contributed by atoms with Crippen molar-refractivity contribution in [2.75, 3.05) is 30.4 Å². The van der Waals surface area contributed by atoms with Gasteiger partial charge in [-0.25, -0.2) is 9.97 Å². The molecular formula is C15H28N4. The number of rotatable bonds is 8. The van der Waals surface area contributed by atoms with Gasteiger partial charge in [-0.05, 0) is 26.7 Å². The Morgan fingerprint density at radius 1 is 1.05 bits per heavy atom. The Kier molecular flexibility index (Phi) is 6.60. The fourth-order valence-corrected chi connectivity index (χ4v) is 2.11. The molecule has 0 aromatic carbocycles. The molecule has 0 aliphatic rings. The molecule has 0 spiro atoms. The van der Waals surface area contributed by atoms with Crippen molar-refractivity contribution in [3.8, 4) is 0 Å². The van der Waals surface area contributed by atoms with Gasteiger partial charge < -0.3 is 10.2 Å². The molecular weight excluding hydrogens is 236 g/mol. The van der Waals surface area contributed by atoms with Crippen LogP contribution in [0.1, 0.15) is 50.9 Å². The summed E-state index contributed by atoms with van der Waals surface area (Å²) in [7, 11) is 2.12. The number of nitrogens with one attached hydrogen (secondary N) is 1. The molecule has 0 aliphatic carbocycles. The molecule has 0 atom stereocenters. The first-order chi connectivity index (χ1) is 9.10. The van der Waals surface area contributed by atoms with Gasteiger partial charge in [0, 0.05) is 25.7 Å². The monoisotopic (exact) mass is 264 g/mol. The van der Waals surface area contributed by atoms with Gasteiger partial charge in [0.2, 0.25) is 0 Å². The van der Waals surface area contributed by atoms with Gasteiger partial charge in [-0.1, -0.05) is 26.7 Å². The van der Waals surface area contributed by atoms with Crippen LogP contribution < -0.4 is 10.2 Å². The highest BCUT2D eigenvalue weighted by molar-refractivity contribution is 5.58. The maximum absolute atomic E-state index is 4.59. The minimum Gasteiger partial charge on any atom is -0.370 e. The van der Waals surface area contributed by atoms with Crippen LogP contribution in [0.15, 0.2) is 0 Å². The van der Waals surface area contributed by atoms with Crippen molar-refractivity contribution in [1.82, 2.24) is 9.97 Å². The molecule has 1 aromatic heterocycles. The highest BCUT2D eigenvalue weighted by Gasteiger charge is 2.12. The first-order valence-electron chi connectivity index (χ1n) is 7.40. The maximum Gasteiger partial charge on any atom is 0.137 e. The molecule has 0 radical (unpaired) electrons. The molecule has 1 N–H and O–H groups in total. The van der Waals surface area contributed by atoms with Gasteiger partial charge in [0.1, 0.15) is 17.5 Å². The van der Waals surface area contributed by atoms with Crippen LogP contribution in [0.25, 0.3) is 0 Å². The summed E-state index contributed by atoms with van der Waals surface area (Å²) in [4.78, 5) is 11.3. The van der Waals surface area contributed by atoms with Crippen LogP contribution in [0.2, 0.25) is 0 Å². The van der Waals surface area contributed by atoms with E-state index in [9.17, 15) is 0 Å². The molecule has 0 amide bonds. The quantitative estimate of drug-likeness (QED) is 0.729. The number of unbranched alkanes of at least 4 members (excludes halogenated alkanes) is 2. The Balaban J connectivity index is 2.83. The summed E-state index contributed by atoms with van der Waals surface area (Å²) in [6.45, 7) is 10.5. The van der Waals surface area contributed by atoms with E-state index in [1.165, 1.54) is 19.3 Å².